The molecule has 0 radical (unpaired) electrons. The molecule has 0 aliphatic carbocycles. The lowest BCUT2D eigenvalue weighted by Crippen LogP contribution is -2.06. The molecule has 8 aromatic carbocycles. The van der Waals surface area contributed by atoms with Crippen molar-refractivity contribution in [3.05, 3.63) is 207 Å². The summed E-state index contributed by atoms with van der Waals surface area (Å²) in [5, 5.41) is 0. The van der Waals surface area contributed by atoms with Crippen molar-refractivity contribution in [3.63, 3.8) is 0 Å². The van der Waals surface area contributed by atoms with Crippen LogP contribution in [0.3, 0.4) is 0 Å². The highest BCUT2D eigenvalue weighted by Crippen LogP contribution is 2.41. The number of hydrogen-bond acceptors (Lipinski definition) is 4. The second-order valence-electron chi connectivity index (χ2n) is 14.9. The van der Waals surface area contributed by atoms with Crippen molar-refractivity contribution in [3.8, 4) is 56.7 Å². The summed E-state index contributed by atoms with van der Waals surface area (Å²) in [4.78, 5) is 20.3. The van der Waals surface area contributed by atoms with Crippen LogP contribution in [0.2, 0.25) is 0 Å². The van der Waals surface area contributed by atoms with Crippen molar-refractivity contribution in [2.45, 2.75) is 0 Å². The number of aromatic nitrogens is 8. The molecule has 0 fully saturated rings. The number of hydrogen-bond donors (Lipinski definition) is 0. The molecule has 0 bridgehead atoms. The smallest absolute Gasteiger partial charge is 0.145 e. The maximum absolute atomic E-state index is 5.27. The van der Waals surface area contributed by atoms with Gasteiger partial charge in [-0.2, -0.15) is 0 Å². The second-order valence-corrected chi connectivity index (χ2v) is 14.9. The van der Waals surface area contributed by atoms with Gasteiger partial charge in [0.1, 0.15) is 24.3 Å². The lowest BCUT2D eigenvalue weighted by atomic mass is 9.98. The average molecular weight is 771 g/mol. The Morgan fingerprint density at radius 1 is 0.317 bits per heavy atom. The second kappa shape index (κ2) is 13.6. The Morgan fingerprint density at radius 3 is 1.18 bits per heavy atom. The summed E-state index contributed by atoms with van der Waals surface area (Å²) >= 11 is 0. The lowest BCUT2D eigenvalue weighted by molar-refractivity contribution is 1.05. The zero-order valence-corrected chi connectivity index (χ0v) is 32.2. The summed E-state index contributed by atoms with van der Waals surface area (Å²) in [6.07, 6.45) is 3.86. The van der Waals surface area contributed by atoms with Gasteiger partial charge in [0.25, 0.3) is 0 Å². The Balaban J connectivity index is 1.23. The third-order valence-electron chi connectivity index (χ3n) is 11.3. The molecule has 0 N–H and O–H groups in total. The normalized spacial score (nSPS) is 11.7. The highest BCUT2D eigenvalue weighted by molar-refractivity contribution is 5.92. The van der Waals surface area contributed by atoms with E-state index in [1.807, 2.05) is 49.1 Å². The van der Waals surface area contributed by atoms with Crippen LogP contribution in [0.4, 0.5) is 0 Å². The van der Waals surface area contributed by atoms with Gasteiger partial charge in [-0.05, 0) is 84.4 Å². The summed E-state index contributed by atoms with van der Waals surface area (Å²) in [5.74, 6) is 1.71. The molecule has 0 unspecified atom stereocenters. The van der Waals surface area contributed by atoms with E-state index in [-0.39, 0.29) is 0 Å². The van der Waals surface area contributed by atoms with E-state index in [1.54, 1.807) is 0 Å². The van der Waals surface area contributed by atoms with Crippen LogP contribution in [0.15, 0.2) is 207 Å². The van der Waals surface area contributed by atoms with Crippen LogP contribution in [-0.4, -0.2) is 38.2 Å². The molecular formula is C52H34N8. The Morgan fingerprint density at radius 2 is 0.717 bits per heavy atom. The van der Waals surface area contributed by atoms with Gasteiger partial charge in [0.15, 0.2) is 0 Å². The van der Waals surface area contributed by atoms with Gasteiger partial charge in [-0.3, -0.25) is 18.3 Å². The first-order chi connectivity index (χ1) is 29.8. The number of fused-ring (bicyclic) bond motifs is 4. The Kier molecular flexibility index (Phi) is 7.67. The van der Waals surface area contributed by atoms with Gasteiger partial charge in [-0.15, -0.1) is 0 Å². The van der Waals surface area contributed by atoms with E-state index in [0.29, 0.717) is 0 Å². The molecule has 0 saturated heterocycles. The minimum atomic E-state index is 0.855. The van der Waals surface area contributed by atoms with Crippen molar-refractivity contribution in [1.82, 2.24) is 38.2 Å². The molecular weight excluding hydrogens is 737 g/mol. The van der Waals surface area contributed by atoms with Crippen LogP contribution >= 0.6 is 0 Å². The molecule has 0 saturated carbocycles. The van der Waals surface area contributed by atoms with Crippen molar-refractivity contribution >= 4 is 44.1 Å². The third-order valence-corrected chi connectivity index (χ3v) is 11.3. The molecule has 12 rings (SSSR count). The monoisotopic (exact) mass is 770 g/mol. The van der Waals surface area contributed by atoms with Crippen LogP contribution in [0, 0.1) is 0 Å². The molecule has 8 heteroatoms. The van der Waals surface area contributed by atoms with Crippen molar-refractivity contribution < 1.29 is 0 Å². The van der Waals surface area contributed by atoms with Crippen LogP contribution < -0.4 is 0 Å². The van der Waals surface area contributed by atoms with Gasteiger partial charge in [-0.1, -0.05) is 115 Å². The number of para-hydroxylation sites is 8. The van der Waals surface area contributed by atoms with Crippen LogP contribution in [0.25, 0.3) is 101 Å². The van der Waals surface area contributed by atoms with Gasteiger partial charge in [0.2, 0.25) is 0 Å². The highest BCUT2D eigenvalue weighted by atomic mass is 15.1. The van der Waals surface area contributed by atoms with Gasteiger partial charge in [0.05, 0.1) is 66.9 Å². The topological polar surface area (TPSA) is 71.3 Å². The lowest BCUT2D eigenvalue weighted by Gasteiger charge is -2.21. The maximum Gasteiger partial charge on any atom is 0.145 e. The molecule has 0 aliphatic rings. The van der Waals surface area contributed by atoms with Gasteiger partial charge in [-0.25, -0.2) is 19.9 Å². The fraction of sp³-hybridized carbons (Fsp3) is 0. The third kappa shape index (κ3) is 5.39. The average Bonchev–Trinajstić information content (AvgIpc) is 4.12. The Bertz CT molecular complexity index is 3330. The van der Waals surface area contributed by atoms with Gasteiger partial charge >= 0.3 is 0 Å². The number of nitrogens with zero attached hydrogens (tertiary/aromatic N) is 8. The molecule has 0 amide bonds. The Labute approximate surface area is 344 Å². The molecule has 4 aromatic heterocycles. The first-order valence-corrected chi connectivity index (χ1v) is 20.0. The zero-order valence-electron chi connectivity index (χ0n) is 32.2. The van der Waals surface area contributed by atoms with Gasteiger partial charge < -0.3 is 0 Å². The number of rotatable bonds is 7. The minimum absolute atomic E-state index is 0.855. The first-order valence-electron chi connectivity index (χ1n) is 20.0. The van der Waals surface area contributed by atoms with Crippen molar-refractivity contribution in [2.24, 2.45) is 0 Å². The molecule has 0 spiro atoms. The predicted octanol–water partition coefficient (Wildman–Crippen LogP) is 12.0. The number of benzene rings is 8. The summed E-state index contributed by atoms with van der Waals surface area (Å²) in [6.45, 7) is 0. The van der Waals surface area contributed by atoms with E-state index in [0.717, 1.165) is 101 Å². The summed E-state index contributed by atoms with van der Waals surface area (Å²) in [7, 11) is 0. The van der Waals surface area contributed by atoms with E-state index >= 15 is 0 Å². The molecule has 12 aromatic rings. The van der Waals surface area contributed by atoms with Crippen LogP contribution in [0.1, 0.15) is 0 Å². The SMILES string of the molecule is c1ccc(-c2nc3ccccc3n2-c2cc(-c3c(-n4cnc5ccccc54)cccc3-n3cnc4ccccc43)cc(-n3c(-c4ccccc4)nc4ccccc43)c2)cc1. The van der Waals surface area contributed by atoms with Crippen molar-refractivity contribution in [2.75, 3.05) is 0 Å². The fourth-order valence-electron chi connectivity index (χ4n) is 8.66. The number of imidazole rings is 4. The maximum atomic E-state index is 5.27. The summed E-state index contributed by atoms with van der Waals surface area (Å²) in [5.41, 5.74) is 15.7. The van der Waals surface area contributed by atoms with Crippen molar-refractivity contribution in [1.29, 1.82) is 0 Å². The summed E-state index contributed by atoms with van der Waals surface area (Å²) in [6, 6.07) is 67.5. The first kappa shape index (κ1) is 33.7. The van der Waals surface area contributed by atoms with Gasteiger partial charge in [0, 0.05) is 16.7 Å². The van der Waals surface area contributed by atoms with E-state index in [4.69, 9.17) is 19.9 Å². The molecule has 4 heterocycles. The van der Waals surface area contributed by atoms with Crippen LogP contribution in [0.5, 0.6) is 0 Å². The standard InChI is InChI=1S/C52H34N8/c1-3-16-35(17-4-1)51-55-42-22-9-13-26-46(42)59(51)38-30-37(31-39(32-38)60-47-27-14-10-23-43(47)56-52(60)36-18-5-2-6-19-36)50-48(57-33-53-40-20-7-11-24-44(40)57)28-15-29-49(50)58-34-54-41-21-8-12-25-45(41)58/h1-34H. The quantitative estimate of drug-likeness (QED) is 0.162. The van der Waals surface area contributed by atoms with E-state index in [2.05, 4.69) is 176 Å². The molecule has 60 heavy (non-hydrogen) atoms. The molecule has 282 valence electrons. The fourth-order valence-corrected chi connectivity index (χ4v) is 8.66. The predicted molar refractivity (Wildman–Crippen MR) is 241 cm³/mol. The zero-order chi connectivity index (χ0) is 39.6. The highest BCUT2D eigenvalue weighted by Gasteiger charge is 2.23. The largest absolute Gasteiger partial charge is 0.298 e. The molecule has 8 nitrogen and oxygen atoms in total. The van der Waals surface area contributed by atoms with E-state index in [1.165, 1.54) is 0 Å². The molecule has 0 atom stereocenters. The van der Waals surface area contributed by atoms with E-state index in [9.17, 15) is 0 Å². The molecule has 0 aliphatic heterocycles. The van der Waals surface area contributed by atoms with Crippen LogP contribution in [-0.2, 0) is 0 Å². The van der Waals surface area contributed by atoms with E-state index < -0.39 is 0 Å². The Hall–Kier alpha value is -8.36. The summed E-state index contributed by atoms with van der Waals surface area (Å²) < 4.78 is 8.98. The minimum Gasteiger partial charge on any atom is -0.298 e.